The highest BCUT2D eigenvalue weighted by Crippen LogP contribution is 2.31. The van der Waals surface area contributed by atoms with Gasteiger partial charge in [0.2, 0.25) is 5.89 Å². The summed E-state index contributed by atoms with van der Waals surface area (Å²) in [6.07, 6.45) is 0. The predicted molar refractivity (Wildman–Crippen MR) is 110 cm³/mol. The van der Waals surface area contributed by atoms with Crippen molar-refractivity contribution in [3.05, 3.63) is 71.8 Å². The predicted octanol–water partition coefficient (Wildman–Crippen LogP) is 4.83. The first-order valence-electron chi connectivity index (χ1n) is 9.34. The van der Waals surface area contributed by atoms with E-state index >= 15 is 0 Å². The van der Waals surface area contributed by atoms with Gasteiger partial charge in [-0.2, -0.15) is 0 Å². The van der Waals surface area contributed by atoms with Gasteiger partial charge in [0, 0.05) is 16.8 Å². The van der Waals surface area contributed by atoms with E-state index in [1.165, 1.54) is 5.56 Å². The molecule has 0 radical (unpaired) electrons. The first kappa shape index (κ1) is 17.3. The molecule has 0 unspecified atom stereocenters. The quantitative estimate of drug-likeness (QED) is 0.546. The van der Waals surface area contributed by atoms with Crippen molar-refractivity contribution in [2.24, 2.45) is 0 Å². The van der Waals surface area contributed by atoms with Crippen LogP contribution in [0.4, 0.5) is 5.69 Å². The number of benzene rings is 3. The van der Waals surface area contributed by atoms with Crippen LogP contribution in [-0.4, -0.2) is 24.1 Å². The number of nitrogens with zero attached hydrogens (tertiary/aromatic N) is 1. The second kappa shape index (κ2) is 6.98. The molecule has 0 fully saturated rings. The van der Waals surface area contributed by atoms with Gasteiger partial charge < -0.3 is 19.2 Å². The fourth-order valence-corrected chi connectivity index (χ4v) is 3.21. The van der Waals surface area contributed by atoms with Crippen molar-refractivity contribution < 1.29 is 18.7 Å². The summed E-state index contributed by atoms with van der Waals surface area (Å²) in [5.41, 5.74) is 4.57. The average molecular weight is 386 g/mol. The molecule has 4 aromatic rings. The van der Waals surface area contributed by atoms with Gasteiger partial charge in [0.05, 0.1) is 0 Å². The molecule has 6 nitrogen and oxygen atoms in total. The Balaban J connectivity index is 1.39. The van der Waals surface area contributed by atoms with E-state index in [0.717, 1.165) is 5.56 Å². The van der Waals surface area contributed by atoms with E-state index in [1.54, 1.807) is 36.4 Å². The molecule has 6 heteroatoms. The third-order valence-electron chi connectivity index (χ3n) is 4.75. The molecule has 0 bridgehead atoms. The molecule has 1 N–H and O–H groups in total. The van der Waals surface area contributed by atoms with Gasteiger partial charge in [-0.1, -0.05) is 17.7 Å². The molecule has 1 aromatic heterocycles. The van der Waals surface area contributed by atoms with Gasteiger partial charge in [-0.3, -0.25) is 4.79 Å². The number of oxazole rings is 1. The summed E-state index contributed by atoms with van der Waals surface area (Å²) in [6.45, 7) is 3.03. The summed E-state index contributed by atoms with van der Waals surface area (Å²) in [4.78, 5) is 17.2. The normalized spacial score (nSPS) is 12.7. The van der Waals surface area contributed by atoms with Crippen LogP contribution in [-0.2, 0) is 0 Å². The molecule has 0 atom stereocenters. The number of carbonyl (C=O) groups is 1. The molecule has 0 aliphatic carbocycles. The van der Waals surface area contributed by atoms with E-state index in [2.05, 4.69) is 10.3 Å². The summed E-state index contributed by atoms with van der Waals surface area (Å²) < 4.78 is 16.9. The van der Waals surface area contributed by atoms with Crippen LogP contribution in [0, 0.1) is 6.92 Å². The van der Waals surface area contributed by atoms with Crippen LogP contribution in [0.5, 0.6) is 11.5 Å². The highest BCUT2D eigenvalue weighted by atomic mass is 16.6. The standard InChI is InChI=1S/C23H18N2O4/c1-14-2-4-15(5-3-14)23-25-18-13-17(7-9-19(18)29-23)24-22(26)16-6-8-20-21(12-16)28-11-10-27-20/h2-9,12-13H,10-11H2,1H3,(H,24,26). The van der Waals surface area contributed by atoms with Crippen molar-refractivity contribution in [1.29, 1.82) is 0 Å². The van der Waals surface area contributed by atoms with Crippen LogP contribution in [0.15, 0.2) is 65.1 Å². The number of aryl methyl sites for hydroxylation is 1. The zero-order valence-electron chi connectivity index (χ0n) is 15.8. The van der Waals surface area contributed by atoms with Gasteiger partial charge in [-0.25, -0.2) is 4.98 Å². The number of rotatable bonds is 3. The summed E-state index contributed by atoms with van der Waals surface area (Å²) in [6, 6.07) is 18.5. The number of aromatic nitrogens is 1. The maximum atomic E-state index is 12.6. The Bertz CT molecular complexity index is 1210. The number of ether oxygens (including phenoxy) is 2. The number of anilines is 1. The fraction of sp³-hybridized carbons (Fsp3) is 0.130. The lowest BCUT2D eigenvalue weighted by Gasteiger charge is -2.18. The highest BCUT2D eigenvalue weighted by molar-refractivity contribution is 6.05. The minimum atomic E-state index is -0.233. The number of amides is 1. The maximum Gasteiger partial charge on any atom is 0.255 e. The minimum Gasteiger partial charge on any atom is -0.486 e. The molecule has 1 amide bonds. The number of hydrogen-bond donors (Lipinski definition) is 1. The summed E-state index contributed by atoms with van der Waals surface area (Å²) in [7, 11) is 0. The Morgan fingerprint density at radius 1 is 0.931 bits per heavy atom. The number of hydrogen-bond acceptors (Lipinski definition) is 5. The van der Waals surface area contributed by atoms with Gasteiger partial charge >= 0.3 is 0 Å². The van der Waals surface area contributed by atoms with Crippen molar-refractivity contribution in [1.82, 2.24) is 4.98 Å². The third kappa shape index (κ3) is 3.40. The smallest absolute Gasteiger partial charge is 0.255 e. The maximum absolute atomic E-state index is 12.6. The van der Waals surface area contributed by atoms with Crippen LogP contribution in [0.1, 0.15) is 15.9 Å². The van der Waals surface area contributed by atoms with E-state index in [4.69, 9.17) is 13.9 Å². The SMILES string of the molecule is Cc1ccc(-c2nc3cc(NC(=O)c4ccc5c(c4)OCCO5)ccc3o2)cc1. The third-order valence-corrected chi connectivity index (χ3v) is 4.75. The topological polar surface area (TPSA) is 73.6 Å². The van der Waals surface area contributed by atoms with E-state index < -0.39 is 0 Å². The van der Waals surface area contributed by atoms with Crippen molar-refractivity contribution in [2.45, 2.75) is 6.92 Å². The Labute approximate surface area is 167 Å². The van der Waals surface area contributed by atoms with Gasteiger partial charge in [0.25, 0.3) is 5.91 Å². The van der Waals surface area contributed by atoms with E-state index in [-0.39, 0.29) is 5.91 Å². The molecular weight excluding hydrogens is 368 g/mol. The van der Waals surface area contributed by atoms with Gasteiger partial charge in [0.15, 0.2) is 17.1 Å². The number of carbonyl (C=O) groups excluding carboxylic acids is 1. The molecule has 5 rings (SSSR count). The second-order valence-electron chi connectivity index (χ2n) is 6.88. The molecule has 1 aliphatic heterocycles. The summed E-state index contributed by atoms with van der Waals surface area (Å²) >= 11 is 0. The first-order valence-corrected chi connectivity index (χ1v) is 9.34. The lowest BCUT2D eigenvalue weighted by Crippen LogP contribution is -2.17. The molecule has 3 aromatic carbocycles. The average Bonchev–Trinajstić information content (AvgIpc) is 3.17. The van der Waals surface area contributed by atoms with Crippen LogP contribution in [0.25, 0.3) is 22.6 Å². The fourth-order valence-electron chi connectivity index (χ4n) is 3.21. The van der Waals surface area contributed by atoms with Crippen molar-refractivity contribution in [2.75, 3.05) is 18.5 Å². The van der Waals surface area contributed by atoms with Crippen LogP contribution in [0.3, 0.4) is 0 Å². The first-order chi connectivity index (χ1) is 14.2. The summed E-state index contributed by atoms with van der Waals surface area (Å²) in [5, 5.41) is 2.90. The largest absolute Gasteiger partial charge is 0.486 e. The molecule has 0 saturated heterocycles. The lowest BCUT2D eigenvalue weighted by atomic mass is 10.1. The molecule has 144 valence electrons. The zero-order chi connectivity index (χ0) is 19.8. The number of fused-ring (bicyclic) bond motifs is 2. The van der Waals surface area contributed by atoms with Gasteiger partial charge in [0.1, 0.15) is 18.7 Å². The van der Waals surface area contributed by atoms with E-state index in [0.29, 0.717) is 53.0 Å². The van der Waals surface area contributed by atoms with Crippen LogP contribution >= 0.6 is 0 Å². The van der Waals surface area contributed by atoms with Crippen LogP contribution in [0.2, 0.25) is 0 Å². The van der Waals surface area contributed by atoms with E-state index in [9.17, 15) is 4.79 Å². The highest BCUT2D eigenvalue weighted by Gasteiger charge is 2.16. The Hall–Kier alpha value is -3.80. The Morgan fingerprint density at radius 2 is 1.72 bits per heavy atom. The zero-order valence-corrected chi connectivity index (χ0v) is 15.8. The van der Waals surface area contributed by atoms with Crippen LogP contribution < -0.4 is 14.8 Å². The van der Waals surface area contributed by atoms with Crippen molar-refractivity contribution in [3.8, 4) is 23.0 Å². The monoisotopic (exact) mass is 386 g/mol. The Morgan fingerprint density at radius 3 is 2.55 bits per heavy atom. The number of nitrogens with one attached hydrogen (secondary N) is 1. The molecule has 0 saturated carbocycles. The lowest BCUT2D eigenvalue weighted by molar-refractivity contribution is 0.102. The second-order valence-corrected chi connectivity index (χ2v) is 6.88. The minimum absolute atomic E-state index is 0.233. The van der Waals surface area contributed by atoms with E-state index in [1.807, 2.05) is 31.2 Å². The molecule has 1 aliphatic rings. The molecule has 29 heavy (non-hydrogen) atoms. The molecule has 2 heterocycles. The summed E-state index contributed by atoms with van der Waals surface area (Å²) in [5.74, 6) is 1.55. The Kier molecular flexibility index (Phi) is 4.17. The molecule has 0 spiro atoms. The van der Waals surface area contributed by atoms with Crippen molar-refractivity contribution in [3.63, 3.8) is 0 Å². The van der Waals surface area contributed by atoms with Gasteiger partial charge in [-0.15, -0.1) is 0 Å². The molecular formula is C23H18N2O4. The van der Waals surface area contributed by atoms with Crippen molar-refractivity contribution >= 4 is 22.7 Å². The van der Waals surface area contributed by atoms with Gasteiger partial charge in [-0.05, 0) is 55.5 Å².